The van der Waals surface area contributed by atoms with Gasteiger partial charge in [0.15, 0.2) is 0 Å². The van der Waals surface area contributed by atoms with Crippen molar-refractivity contribution in [3.63, 3.8) is 0 Å². The van der Waals surface area contributed by atoms with E-state index < -0.39 is 0 Å². The highest BCUT2D eigenvalue weighted by Gasteiger charge is 2.07. The molecule has 0 bridgehead atoms. The van der Waals surface area contributed by atoms with Gasteiger partial charge in [-0.3, -0.25) is 4.79 Å². The number of aryl methyl sites for hydroxylation is 1. The molecule has 94 valence electrons. The topological polar surface area (TPSA) is 65.8 Å². The molecule has 1 amide bonds. The van der Waals surface area contributed by atoms with Crippen molar-refractivity contribution in [3.05, 3.63) is 57.8 Å². The number of anilines is 1. The third-order valence-corrected chi connectivity index (χ3v) is 3.36. The van der Waals surface area contributed by atoms with Gasteiger partial charge in [-0.2, -0.15) is 5.26 Å². The molecule has 0 atom stereocenters. The van der Waals surface area contributed by atoms with Crippen LogP contribution in [0.15, 0.2) is 41.1 Å². The summed E-state index contributed by atoms with van der Waals surface area (Å²) in [4.78, 5) is 16.1. The van der Waals surface area contributed by atoms with E-state index in [1.807, 2.05) is 19.1 Å². The molecule has 0 aliphatic heterocycles. The summed E-state index contributed by atoms with van der Waals surface area (Å²) in [7, 11) is 0. The number of pyridine rings is 1. The maximum Gasteiger partial charge on any atom is 0.255 e. The lowest BCUT2D eigenvalue weighted by Crippen LogP contribution is -2.12. The van der Waals surface area contributed by atoms with Gasteiger partial charge in [0, 0.05) is 5.56 Å². The summed E-state index contributed by atoms with van der Waals surface area (Å²) >= 11 is 3.30. The number of halogens is 1. The highest BCUT2D eigenvalue weighted by atomic mass is 79.9. The molecule has 1 aromatic heterocycles. The van der Waals surface area contributed by atoms with Crippen molar-refractivity contribution in [1.29, 1.82) is 5.26 Å². The molecule has 0 aliphatic carbocycles. The molecule has 0 radical (unpaired) electrons. The Morgan fingerprint density at radius 1 is 1.42 bits per heavy atom. The smallest absolute Gasteiger partial charge is 0.255 e. The number of carbonyl (C=O) groups is 1. The highest BCUT2D eigenvalue weighted by molar-refractivity contribution is 9.10. The van der Waals surface area contributed by atoms with E-state index in [2.05, 4.69) is 26.2 Å². The Hall–Kier alpha value is -2.19. The van der Waals surface area contributed by atoms with Crippen LogP contribution >= 0.6 is 15.9 Å². The van der Waals surface area contributed by atoms with Crippen molar-refractivity contribution >= 4 is 27.5 Å². The zero-order chi connectivity index (χ0) is 13.8. The van der Waals surface area contributed by atoms with Gasteiger partial charge in [0.05, 0.1) is 23.5 Å². The highest BCUT2D eigenvalue weighted by Crippen LogP contribution is 2.17. The Kier molecular flexibility index (Phi) is 3.93. The molecule has 4 nitrogen and oxygen atoms in total. The predicted octanol–water partition coefficient (Wildman–Crippen LogP) is 3.28. The van der Waals surface area contributed by atoms with Gasteiger partial charge in [-0.15, -0.1) is 0 Å². The van der Waals surface area contributed by atoms with Gasteiger partial charge in [0.1, 0.15) is 4.60 Å². The molecule has 0 aliphatic rings. The van der Waals surface area contributed by atoms with Crippen LogP contribution in [0.5, 0.6) is 0 Å². The Balaban J connectivity index is 2.21. The minimum Gasteiger partial charge on any atom is -0.321 e. The first-order valence-electron chi connectivity index (χ1n) is 5.54. The van der Waals surface area contributed by atoms with E-state index in [-0.39, 0.29) is 5.91 Å². The first-order valence-corrected chi connectivity index (χ1v) is 6.33. The van der Waals surface area contributed by atoms with Crippen molar-refractivity contribution in [1.82, 2.24) is 4.98 Å². The average molecular weight is 316 g/mol. The lowest BCUT2D eigenvalue weighted by molar-refractivity contribution is 0.102. The number of carbonyl (C=O) groups excluding carboxylic acids is 1. The summed E-state index contributed by atoms with van der Waals surface area (Å²) in [5.41, 5.74) is 2.45. The molecule has 2 aromatic rings. The summed E-state index contributed by atoms with van der Waals surface area (Å²) in [6.45, 7) is 1.89. The van der Waals surface area contributed by atoms with Gasteiger partial charge in [-0.05, 0) is 52.7 Å². The van der Waals surface area contributed by atoms with Crippen molar-refractivity contribution in [2.24, 2.45) is 0 Å². The lowest BCUT2D eigenvalue weighted by atomic mass is 10.1. The Labute approximate surface area is 119 Å². The van der Waals surface area contributed by atoms with E-state index in [9.17, 15) is 4.79 Å². The van der Waals surface area contributed by atoms with E-state index in [1.165, 1.54) is 0 Å². The monoisotopic (exact) mass is 315 g/mol. The average Bonchev–Trinajstić information content (AvgIpc) is 2.43. The third-order valence-electron chi connectivity index (χ3n) is 2.53. The van der Waals surface area contributed by atoms with E-state index >= 15 is 0 Å². The summed E-state index contributed by atoms with van der Waals surface area (Å²) in [6.07, 6.45) is 1.57. The lowest BCUT2D eigenvalue weighted by Gasteiger charge is -2.06. The molecule has 1 N–H and O–H groups in total. The first kappa shape index (κ1) is 13.2. The molecule has 0 fully saturated rings. The second kappa shape index (κ2) is 5.63. The number of aromatic nitrogens is 1. The van der Waals surface area contributed by atoms with E-state index in [4.69, 9.17) is 5.26 Å². The quantitative estimate of drug-likeness (QED) is 0.865. The number of nitrogens with zero attached hydrogens (tertiary/aromatic N) is 2. The van der Waals surface area contributed by atoms with Gasteiger partial charge in [0.25, 0.3) is 5.91 Å². The second-order valence-corrected chi connectivity index (χ2v) is 4.73. The van der Waals surface area contributed by atoms with E-state index in [1.54, 1.807) is 30.5 Å². The maximum atomic E-state index is 12.0. The van der Waals surface area contributed by atoms with Gasteiger partial charge >= 0.3 is 0 Å². The summed E-state index contributed by atoms with van der Waals surface area (Å²) in [6, 6.07) is 10.4. The molecule has 0 spiro atoms. The first-order chi connectivity index (χ1) is 9.10. The van der Waals surface area contributed by atoms with Crippen LogP contribution in [0.25, 0.3) is 0 Å². The van der Waals surface area contributed by atoms with Crippen LogP contribution in [-0.2, 0) is 0 Å². The van der Waals surface area contributed by atoms with Crippen LogP contribution in [0.4, 0.5) is 5.69 Å². The van der Waals surface area contributed by atoms with Crippen molar-refractivity contribution < 1.29 is 4.79 Å². The van der Waals surface area contributed by atoms with E-state index in [0.717, 1.165) is 10.2 Å². The SMILES string of the molecule is Cc1cc(NC(=O)c2cccc(C#N)c2)cnc1Br. The molecular formula is C14H10BrN3O. The Morgan fingerprint density at radius 2 is 2.21 bits per heavy atom. The Morgan fingerprint density at radius 3 is 2.89 bits per heavy atom. The zero-order valence-corrected chi connectivity index (χ0v) is 11.7. The molecule has 1 heterocycles. The van der Waals surface area contributed by atoms with Gasteiger partial charge in [0.2, 0.25) is 0 Å². The van der Waals surface area contributed by atoms with Crippen LogP contribution in [0.2, 0.25) is 0 Å². The van der Waals surface area contributed by atoms with Crippen LogP contribution in [0.3, 0.4) is 0 Å². The van der Waals surface area contributed by atoms with Crippen molar-refractivity contribution in [3.8, 4) is 6.07 Å². The van der Waals surface area contributed by atoms with Crippen molar-refractivity contribution in [2.75, 3.05) is 5.32 Å². The third kappa shape index (κ3) is 3.18. The van der Waals surface area contributed by atoms with Crippen LogP contribution in [0, 0.1) is 18.3 Å². The van der Waals surface area contributed by atoms with Gasteiger partial charge in [-0.1, -0.05) is 6.07 Å². The number of nitriles is 1. The largest absolute Gasteiger partial charge is 0.321 e. The van der Waals surface area contributed by atoms with Gasteiger partial charge < -0.3 is 5.32 Å². The molecule has 1 aromatic carbocycles. The molecule has 5 heteroatoms. The molecule has 0 saturated carbocycles. The summed E-state index contributed by atoms with van der Waals surface area (Å²) < 4.78 is 0.747. The minimum absolute atomic E-state index is 0.263. The summed E-state index contributed by atoms with van der Waals surface area (Å²) in [5, 5.41) is 11.5. The molecule has 19 heavy (non-hydrogen) atoms. The zero-order valence-electron chi connectivity index (χ0n) is 10.1. The molecule has 2 rings (SSSR count). The number of hydrogen-bond donors (Lipinski definition) is 1. The summed E-state index contributed by atoms with van der Waals surface area (Å²) in [5.74, 6) is -0.263. The molecule has 0 unspecified atom stereocenters. The maximum absolute atomic E-state index is 12.0. The van der Waals surface area contributed by atoms with Crippen LogP contribution in [0.1, 0.15) is 21.5 Å². The fourth-order valence-corrected chi connectivity index (χ4v) is 1.78. The number of benzene rings is 1. The molecular weight excluding hydrogens is 306 g/mol. The number of amides is 1. The standard InChI is InChI=1S/C14H10BrN3O/c1-9-5-12(8-17-13(9)15)18-14(19)11-4-2-3-10(6-11)7-16/h2-6,8H,1H3,(H,18,19). The minimum atomic E-state index is -0.263. The van der Waals surface area contributed by atoms with Crippen molar-refractivity contribution in [2.45, 2.75) is 6.92 Å². The molecule has 0 saturated heterocycles. The van der Waals surface area contributed by atoms with Crippen LogP contribution < -0.4 is 5.32 Å². The number of hydrogen-bond acceptors (Lipinski definition) is 3. The normalized spacial score (nSPS) is 9.74. The van der Waals surface area contributed by atoms with E-state index in [0.29, 0.717) is 16.8 Å². The number of rotatable bonds is 2. The second-order valence-electron chi connectivity index (χ2n) is 3.98. The fourth-order valence-electron chi connectivity index (χ4n) is 1.56. The predicted molar refractivity (Wildman–Crippen MR) is 75.8 cm³/mol. The van der Waals surface area contributed by atoms with Crippen LogP contribution in [-0.4, -0.2) is 10.9 Å². The fraction of sp³-hybridized carbons (Fsp3) is 0.0714. The number of nitrogens with one attached hydrogen (secondary N) is 1. The van der Waals surface area contributed by atoms with Gasteiger partial charge in [-0.25, -0.2) is 4.98 Å². The Bertz CT molecular complexity index is 677.